The molecule has 4 rings (SSSR count). The fourth-order valence-corrected chi connectivity index (χ4v) is 3.62. The first-order valence-corrected chi connectivity index (χ1v) is 9.71. The molecule has 0 fully saturated rings. The molecule has 2 aromatic heterocycles. The van der Waals surface area contributed by atoms with Crippen LogP contribution in [0.1, 0.15) is 16.8 Å². The van der Waals surface area contributed by atoms with Crippen LogP contribution in [0.4, 0.5) is 0 Å². The zero-order chi connectivity index (χ0) is 20.3. The average molecular weight is 496 g/mol. The average Bonchev–Trinajstić information content (AvgIpc) is 2.69. The highest BCUT2D eigenvalue weighted by atomic mass is 79.9. The summed E-state index contributed by atoms with van der Waals surface area (Å²) >= 11 is 6.61. The Morgan fingerprint density at radius 1 is 0.893 bits per heavy atom. The SMILES string of the molecule is Cc1ccc2c(C#N)c(Br)ccc2n1.N#Cc1c(Br)ccc2c1ccc[n+]2[O-]. The molecule has 0 N–H and O–H groups in total. The first kappa shape index (κ1) is 19.8. The molecule has 0 saturated carbocycles. The van der Waals surface area contributed by atoms with Gasteiger partial charge < -0.3 is 5.21 Å². The number of pyridine rings is 2. The van der Waals surface area contributed by atoms with Gasteiger partial charge in [0.05, 0.1) is 22.0 Å². The van der Waals surface area contributed by atoms with Crippen LogP contribution in [0.15, 0.2) is 63.7 Å². The van der Waals surface area contributed by atoms with Crippen LogP contribution in [-0.4, -0.2) is 4.98 Å². The maximum absolute atomic E-state index is 11.4. The van der Waals surface area contributed by atoms with Crippen LogP contribution >= 0.6 is 31.9 Å². The van der Waals surface area contributed by atoms with Crippen molar-refractivity contribution in [2.45, 2.75) is 6.92 Å². The van der Waals surface area contributed by atoms with Gasteiger partial charge in [-0.05, 0) is 75.2 Å². The zero-order valence-corrected chi connectivity index (χ0v) is 17.8. The summed E-state index contributed by atoms with van der Waals surface area (Å²) in [7, 11) is 0. The number of halogens is 2. The number of rotatable bonds is 0. The van der Waals surface area contributed by atoms with Crippen LogP contribution in [0.5, 0.6) is 0 Å². The predicted octanol–water partition coefficient (Wildman–Crippen LogP) is 5.28. The van der Waals surface area contributed by atoms with Crippen molar-refractivity contribution in [2.75, 3.05) is 0 Å². The molecular formula is C21H12Br2N4O. The Hall–Kier alpha value is -3.00. The minimum atomic E-state index is 0.493. The number of aryl methyl sites for hydroxylation is 1. The molecule has 136 valence electrons. The highest BCUT2D eigenvalue weighted by Gasteiger charge is 2.10. The summed E-state index contributed by atoms with van der Waals surface area (Å²) in [6.07, 6.45) is 1.41. The smallest absolute Gasteiger partial charge is 0.225 e. The molecule has 2 aromatic carbocycles. The Morgan fingerprint density at radius 3 is 2.21 bits per heavy atom. The van der Waals surface area contributed by atoms with E-state index in [9.17, 15) is 5.21 Å². The maximum atomic E-state index is 11.4. The van der Waals surface area contributed by atoms with Crippen LogP contribution < -0.4 is 4.73 Å². The van der Waals surface area contributed by atoms with E-state index in [-0.39, 0.29) is 0 Å². The van der Waals surface area contributed by atoms with E-state index < -0.39 is 0 Å². The third-order valence-corrected chi connectivity index (χ3v) is 5.40. The first-order chi connectivity index (χ1) is 13.5. The molecule has 0 saturated heterocycles. The molecule has 0 bridgehead atoms. The second-order valence-corrected chi connectivity index (χ2v) is 7.56. The summed E-state index contributed by atoms with van der Waals surface area (Å²) in [5.41, 5.74) is 3.48. The molecule has 5 nitrogen and oxygen atoms in total. The first-order valence-electron chi connectivity index (χ1n) is 8.12. The van der Waals surface area contributed by atoms with Gasteiger partial charge in [-0.2, -0.15) is 15.3 Å². The zero-order valence-electron chi connectivity index (χ0n) is 14.6. The summed E-state index contributed by atoms with van der Waals surface area (Å²) in [6, 6.07) is 18.6. The standard InChI is InChI=1S/C11H7BrN2.C10H5BrN2O/c1-7-2-3-8-9(6-13)10(12)4-5-11(8)14-7;11-9-3-4-10-7(8(9)6-12)2-1-5-13(10)14/h2-5H,1H3;1-5H. The Kier molecular flexibility index (Phi) is 5.89. The van der Waals surface area contributed by atoms with E-state index in [4.69, 9.17) is 10.5 Å². The Labute approximate surface area is 178 Å². The van der Waals surface area contributed by atoms with E-state index in [0.717, 1.165) is 25.8 Å². The van der Waals surface area contributed by atoms with Crippen LogP contribution in [0.2, 0.25) is 0 Å². The summed E-state index contributed by atoms with van der Waals surface area (Å²) in [6.45, 7) is 1.94. The Morgan fingerprint density at radius 2 is 1.54 bits per heavy atom. The molecule has 0 spiro atoms. The van der Waals surface area contributed by atoms with Crippen molar-refractivity contribution >= 4 is 53.7 Å². The van der Waals surface area contributed by atoms with Crippen molar-refractivity contribution in [1.82, 2.24) is 4.98 Å². The van der Waals surface area contributed by atoms with Gasteiger partial charge in [-0.25, -0.2) is 0 Å². The van der Waals surface area contributed by atoms with Crippen molar-refractivity contribution in [2.24, 2.45) is 0 Å². The fraction of sp³-hybridized carbons (Fsp3) is 0.0476. The van der Waals surface area contributed by atoms with Crippen molar-refractivity contribution in [3.05, 3.63) is 85.7 Å². The largest absolute Gasteiger partial charge is 0.618 e. The minimum Gasteiger partial charge on any atom is -0.618 e. The van der Waals surface area contributed by atoms with E-state index in [1.165, 1.54) is 6.20 Å². The second-order valence-electron chi connectivity index (χ2n) is 5.85. The van der Waals surface area contributed by atoms with Gasteiger partial charge in [-0.3, -0.25) is 4.98 Å². The Balaban J connectivity index is 0.000000161. The summed E-state index contributed by atoms with van der Waals surface area (Å²) < 4.78 is 2.28. The lowest BCUT2D eigenvalue weighted by Crippen LogP contribution is -2.25. The number of aromatic nitrogens is 2. The number of nitrogens with zero attached hydrogens (tertiary/aromatic N) is 4. The van der Waals surface area contributed by atoms with Crippen LogP contribution in [0, 0.1) is 34.8 Å². The van der Waals surface area contributed by atoms with E-state index in [1.54, 1.807) is 24.3 Å². The molecular weight excluding hydrogens is 484 g/mol. The molecule has 0 atom stereocenters. The van der Waals surface area contributed by atoms with Gasteiger partial charge >= 0.3 is 0 Å². The lowest BCUT2D eigenvalue weighted by atomic mass is 10.1. The normalized spacial score (nSPS) is 10.0. The molecule has 2 heterocycles. The monoisotopic (exact) mass is 494 g/mol. The van der Waals surface area contributed by atoms with E-state index in [1.807, 2.05) is 31.2 Å². The van der Waals surface area contributed by atoms with Gasteiger partial charge in [0.1, 0.15) is 12.1 Å². The third-order valence-electron chi connectivity index (χ3n) is 4.08. The molecule has 4 aromatic rings. The Bertz CT molecular complexity index is 1290. The molecule has 0 aliphatic rings. The van der Waals surface area contributed by atoms with Gasteiger partial charge in [0, 0.05) is 32.2 Å². The van der Waals surface area contributed by atoms with E-state index in [2.05, 4.69) is 49.0 Å². The van der Waals surface area contributed by atoms with Gasteiger partial charge in [-0.1, -0.05) is 0 Å². The highest BCUT2D eigenvalue weighted by molar-refractivity contribution is 9.10. The molecule has 0 aliphatic carbocycles. The van der Waals surface area contributed by atoms with Crippen LogP contribution in [0.25, 0.3) is 21.8 Å². The number of fused-ring (bicyclic) bond motifs is 2. The van der Waals surface area contributed by atoms with Crippen molar-refractivity contribution in [1.29, 1.82) is 10.5 Å². The second kappa shape index (κ2) is 8.35. The molecule has 0 amide bonds. The van der Waals surface area contributed by atoms with Crippen LogP contribution in [-0.2, 0) is 0 Å². The van der Waals surface area contributed by atoms with Crippen molar-refractivity contribution < 1.29 is 4.73 Å². The van der Waals surface area contributed by atoms with Gasteiger partial charge in [0.2, 0.25) is 5.52 Å². The molecule has 0 radical (unpaired) electrons. The third kappa shape index (κ3) is 3.82. The van der Waals surface area contributed by atoms with Crippen molar-refractivity contribution in [3.8, 4) is 12.1 Å². The van der Waals surface area contributed by atoms with Gasteiger partial charge in [0.15, 0.2) is 6.20 Å². The highest BCUT2D eigenvalue weighted by Crippen LogP contribution is 2.25. The topological polar surface area (TPSA) is 87.4 Å². The van der Waals surface area contributed by atoms with E-state index in [0.29, 0.717) is 26.5 Å². The van der Waals surface area contributed by atoms with E-state index >= 15 is 0 Å². The fourth-order valence-electron chi connectivity index (χ4n) is 2.75. The number of hydrogen-bond acceptors (Lipinski definition) is 4. The summed E-state index contributed by atoms with van der Waals surface area (Å²) in [5.74, 6) is 0. The maximum Gasteiger partial charge on any atom is 0.225 e. The lowest BCUT2D eigenvalue weighted by Gasteiger charge is -2.02. The molecule has 28 heavy (non-hydrogen) atoms. The predicted molar refractivity (Wildman–Crippen MR) is 114 cm³/mol. The minimum absolute atomic E-state index is 0.493. The molecule has 0 unspecified atom stereocenters. The van der Waals surface area contributed by atoms with Crippen molar-refractivity contribution in [3.63, 3.8) is 0 Å². The lowest BCUT2D eigenvalue weighted by molar-refractivity contribution is -0.577. The number of hydrogen-bond donors (Lipinski definition) is 0. The van der Waals surface area contributed by atoms with Crippen LogP contribution in [0.3, 0.4) is 0 Å². The summed E-state index contributed by atoms with van der Waals surface area (Å²) in [5, 5.41) is 30.8. The molecule has 0 aliphatic heterocycles. The summed E-state index contributed by atoms with van der Waals surface area (Å²) in [4.78, 5) is 4.35. The molecule has 7 heteroatoms. The number of benzene rings is 2. The van der Waals surface area contributed by atoms with Gasteiger partial charge in [-0.15, -0.1) is 0 Å². The quantitative estimate of drug-likeness (QED) is 0.245. The van der Waals surface area contributed by atoms with Gasteiger partial charge in [0.25, 0.3) is 0 Å². The number of nitriles is 2.